The molecule has 1 aliphatic rings. The largest absolute Gasteiger partial charge is 0.573 e. The number of rotatable bonds is 5. The van der Waals surface area contributed by atoms with Gasteiger partial charge in [0.05, 0.1) is 16.6 Å². The lowest BCUT2D eigenvalue weighted by atomic mass is 10.1. The number of fused-ring (bicyclic) bond motifs is 3. The van der Waals surface area contributed by atoms with Gasteiger partial charge in [0.25, 0.3) is 0 Å². The van der Waals surface area contributed by atoms with Gasteiger partial charge in [-0.3, -0.25) is 4.72 Å². The lowest BCUT2D eigenvalue weighted by molar-refractivity contribution is -0.274. The van der Waals surface area contributed by atoms with Gasteiger partial charge in [0.15, 0.2) is 9.92 Å². The van der Waals surface area contributed by atoms with E-state index in [1.165, 1.54) is 6.26 Å². The third-order valence-corrected chi connectivity index (χ3v) is 7.80. The molecular weight excluding hydrogens is 554 g/mol. The van der Waals surface area contributed by atoms with Crippen molar-refractivity contribution in [3.05, 3.63) is 82.7 Å². The first kappa shape index (κ1) is 25.5. The molecule has 0 saturated heterocycles. The first-order valence-electron chi connectivity index (χ1n) is 10.7. The molecule has 0 fully saturated rings. The highest BCUT2D eigenvalue weighted by Gasteiger charge is 2.34. The third-order valence-electron chi connectivity index (χ3n) is 5.87. The van der Waals surface area contributed by atoms with Gasteiger partial charge < -0.3 is 19.1 Å². The summed E-state index contributed by atoms with van der Waals surface area (Å²) in [6.45, 7) is 0.0686. The number of hydrogen-bond donors (Lipinski definition) is 3. The SMILES string of the molecule is N=S(=O)(NC1=COC[C@H](n2c3ccc(Cl)cc3c3cc(Cl)ccc32)[C@@H]1O)c1ccc(OC(F)(F)F)cc1. The molecule has 0 aliphatic carbocycles. The summed E-state index contributed by atoms with van der Waals surface area (Å²) in [5, 5.41) is 13.9. The zero-order valence-corrected chi connectivity index (χ0v) is 21.0. The van der Waals surface area contributed by atoms with E-state index < -0.39 is 34.2 Å². The van der Waals surface area contributed by atoms with Crippen molar-refractivity contribution in [2.45, 2.75) is 23.4 Å². The van der Waals surface area contributed by atoms with Crippen molar-refractivity contribution in [2.24, 2.45) is 0 Å². The van der Waals surface area contributed by atoms with E-state index in [0.29, 0.717) is 10.0 Å². The average Bonchev–Trinajstić information content (AvgIpc) is 3.12. The van der Waals surface area contributed by atoms with Crippen molar-refractivity contribution < 1.29 is 32.0 Å². The van der Waals surface area contributed by atoms with E-state index in [4.69, 9.17) is 32.7 Å². The van der Waals surface area contributed by atoms with Crippen LogP contribution < -0.4 is 9.46 Å². The number of alkyl halides is 3. The molecule has 0 saturated carbocycles. The molecule has 7 nitrogen and oxygen atoms in total. The fraction of sp³-hybridized carbons (Fsp3) is 0.167. The molecule has 1 unspecified atom stereocenters. The summed E-state index contributed by atoms with van der Waals surface area (Å²) in [6.07, 6.45) is -4.97. The molecule has 3 aromatic carbocycles. The molecule has 3 atom stereocenters. The van der Waals surface area contributed by atoms with Gasteiger partial charge in [-0.05, 0) is 60.7 Å². The maximum atomic E-state index is 13.1. The van der Waals surface area contributed by atoms with E-state index >= 15 is 0 Å². The van der Waals surface area contributed by atoms with Gasteiger partial charge in [-0.2, -0.15) is 0 Å². The number of aliphatic hydroxyl groups excluding tert-OH is 1. The molecule has 1 aliphatic heterocycles. The molecule has 4 aromatic rings. The molecular formula is C24H18Cl2F3N3O4S. The van der Waals surface area contributed by atoms with Crippen LogP contribution >= 0.6 is 23.2 Å². The molecule has 0 spiro atoms. The average molecular weight is 572 g/mol. The van der Waals surface area contributed by atoms with E-state index in [-0.39, 0.29) is 17.2 Å². The van der Waals surface area contributed by atoms with Crippen molar-refractivity contribution in [3.8, 4) is 5.75 Å². The van der Waals surface area contributed by atoms with Crippen LogP contribution in [0.3, 0.4) is 0 Å². The molecule has 5 rings (SSSR count). The second-order valence-electron chi connectivity index (χ2n) is 8.29. The highest BCUT2D eigenvalue weighted by molar-refractivity contribution is 7.90. The quantitative estimate of drug-likeness (QED) is 0.259. The van der Waals surface area contributed by atoms with E-state index in [9.17, 15) is 22.5 Å². The third kappa shape index (κ3) is 5.04. The molecule has 2 heterocycles. The number of benzene rings is 3. The minimum Gasteiger partial charge on any atom is -0.497 e. The van der Waals surface area contributed by atoms with Crippen molar-refractivity contribution in [1.82, 2.24) is 9.29 Å². The molecule has 1 aromatic heterocycles. The maximum absolute atomic E-state index is 13.1. The predicted molar refractivity (Wildman–Crippen MR) is 134 cm³/mol. The van der Waals surface area contributed by atoms with Crippen LogP contribution in [-0.4, -0.2) is 33.0 Å². The zero-order chi connectivity index (χ0) is 26.5. The molecule has 3 N–H and O–H groups in total. The Hall–Kier alpha value is -3.12. The van der Waals surface area contributed by atoms with E-state index in [1.54, 1.807) is 24.3 Å². The number of nitrogens with one attached hydrogen (secondary N) is 2. The van der Waals surface area contributed by atoms with Gasteiger partial charge in [-0.1, -0.05) is 23.2 Å². The van der Waals surface area contributed by atoms with Crippen LogP contribution in [0.2, 0.25) is 10.0 Å². The van der Waals surface area contributed by atoms with Gasteiger partial charge in [0.1, 0.15) is 24.7 Å². The van der Waals surface area contributed by atoms with Crippen molar-refractivity contribution in [2.75, 3.05) is 6.61 Å². The zero-order valence-electron chi connectivity index (χ0n) is 18.6. The van der Waals surface area contributed by atoms with Crippen molar-refractivity contribution >= 4 is 54.9 Å². The summed E-state index contributed by atoms with van der Waals surface area (Å²) in [6, 6.07) is 14.0. The first-order chi connectivity index (χ1) is 17.4. The Balaban J connectivity index is 1.47. The fourth-order valence-corrected chi connectivity index (χ4v) is 5.80. The Morgan fingerprint density at radius 1 is 1.03 bits per heavy atom. The minimum absolute atomic E-state index is 0.0233. The molecule has 0 radical (unpaired) electrons. The van der Waals surface area contributed by atoms with Gasteiger partial charge in [0, 0.05) is 31.9 Å². The van der Waals surface area contributed by atoms with Gasteiger partial charge in [0.2, 0.25) is 0 Å². The Kier molecular flexibility index (Phi) is 6.43. The molecule has 0 bridgehead atoms. The van der Waals surface area contributed by atoms with E-state index in [0.717, 1.165) is 46.1 Å². The smallest absolute Gasteiger partial charge is 0.497 e. The Morgan fingerprint density at radius 3 is 2.14 bits per heavy atom. The number of ether oxygens (including phenoxy) is 2. The summed E-state index contributed by atoms with van der Waals surface area (Å²) >= 11 is 12.5. The molecule has 0 amide bonds. The van der Waals surface area contributed by atoms with Crippen molar-refractivity contribution in [1.29, 1.82) is 4.78 Å². The van der Waals surface area contributed by atoms with E-state index in [2.05, 4.69) is 9.46 Å². The standard InChI is InChI=1S/C24H18Cl2F3N3O4S/c25-13-1-7-20-17(9-13)18-10-14(26)2-8-21(18)32(20)22-12-35-11-19(23(22)33)31-37(30,34)16-5-3-15(4-6-16)36-24(27,28)29/h1-11,22-23,33H,12H2,(H2,30,31,34)/t22-,23+,37?/m0/s1. The second kappa shape index (κ2) is 9.32. The summed E-state index contributed by atoms with van der Waals surface area (Å²) < 4.78 is 72.5. The van der Waals surface area contributed by atoms with Crippen LogP contribution in [0.1, 0.15) is 6.04 Å². The van der Waals surface area contributed by atoms with Crippen molar-refractivity contribution in [3.63, 3.8) is 0 Å². The molecule has 194 valence electrons. The highest BCUT2D eigenvalue weighted by Crippen LogP contribution is 2.37. The normalized spacial score (nSPS) is 19.8. The van der Waals surface area contributed by atoms with Crippen LogP contribution in [0.5, 0.6) is 5.75 Å². The summed E-state index contributed by atoms with van der Waals surface area (Å²) in [5.41, 5.74) is 1.48. The number of hydrogen-bond acceptors (Lipinski definition) is 5. The minimum atomic E-state index is -4.88. The second-order valence-corrected chi connectivity index (χ2v) is 10.9. The number of aromatic nitrogens is 1. The number of halogens is 5. The van der Waals surface area contributed by atoms with Crippen LogP contribution in [0.25, 0.3) is 21.8 Å². The lowest BCUT2D eigenvalue weighted by Crippen LogP contribution is -2.39. The summed E-state index contributed by atoms with van der Waals surface area (Å²) in [5.74, 6) is -0.515. The number of aliphatic hydroxyl groups is 1. The lowest BCUT2D eigenvalue weighted by Gasteiger charge is -2.31. The first-order valence-corrected chi connectivity index (χ1v) is 13.1. The van der Waals surface area contributed by atoms with E-state index in [1.807, 2.05) is 16.7 Å². The monoisotopic (exact) mass is 571 g/mol. The Labute approximate surface area is 219 Å². The van der Waals surface area contributed by atoms with Gasteiger partial charge in [-0.25, -0.2) is 8.99 Å². The molecule has 13 heteroatoms. The number of nitrogens with zero attached hydrogens (tertiary/aromatic N) is 1. The van der Waals surface area contributed by atoms with Gasteiger partial charge in [-0.15, -0.1) is 13.2 Å². The van der Waals surface area contributed by atoms with Gasteiger partial charge >= 0.3 is 6.36 Å². The highest BCUT2D eigenvalue weighted by atomic mass is 35.5. The Bertz CT molecular complexity index is 1580. The molecule has 37 heavy (non-hydrogen) atoms. The predicted octanol–water partition coefficient (Wildman–Crippen LogP) is 6.38. The maximum Gasteiger partial charge on any atom is 0.573 e. The summed E-state index contributed by atoms with van der Waals surface area (Å²) in [7, 11) is -3.78. The summed E-state index contributed by atoms with van der Waals surface area (Å²) in [4.78, 5) is -0.113. The Morgan fingerprint density at radius 2 is 1.59 bits per heavy atom. The van der Waals surface area contributed by atoms with Crippen LogP contribution in [-0.2, 0) is 14.7 Å². The van der Waals surface area contributed by atoms with Crippen LogP contribution in [0.4, 0.5) is 13.2 Å². The topological polar surface area (TPSA) is 96.6 Å². The van der Waals surface area contributed by atoms with Crippen LogP contribution in [0.15, 0.2) is 77.5 Å². The van der Waals surface area contributed by atoms with Crippen LogP contribution in [0, 0.1) is 4.78 Å². The fourth-order valence-electron chi connectivity index (χ4n) is 4.32.